The van der Waals surface area contributed by atoms with E-state index in [0.717, 1.165) is 0 Å². The zero-order valence-corrected chi connectivity index (χ0v) is 9.90. The van der Waals surface area contributed by atoms with Crippen molar-refractivity contribution in [3.63, 3.8) is 0 Å². The van der Waals surface area contributed by atoms with Crippen molar-refractivity contribution in [1.29, 1.82) is 0 Å². The van der Waals surface area contributed by atoms with Gasteiger partial charge in [0.1, 0.15) is 5.75 Å². The predicted octanol–water partition coefficient (Wildman–Crippen LogP) is 2.08. The van der Waals surface area contributed by atoms with Crippen molar-refractivity contribution in [3.05, 3.63) is 30.3 Å². The summed E-state index contributed by atoms with van der Waals surface area (Å²) in [5, 5.41) is 2.83. The zero-order valence-electron chi connectivity index (χ0n) is 8.90. The summed E-state index contributed by atoms with van der Waals surface area (Å²) in [7, 11) is -0.638. The number of hydrogen-bond donors (Lipinski definition) is 1. The van der Waals surface area contributed by atoms with Crippen LogP contribution in [-0.2, 0) is 9.30 Å². The maximum absolute atomic E-state index is 11.5. The largest absolute Gasteiger partial charge is 0.434 e. The summed E-state index contributed by atoms with van der Waals surface area (Å²) in [6.45, 7) is 2.40. The van der Waals surface area contributed by atoms with Crippen molar-refractivity contribution in [2.24, 2.45) is 0 Å². The van der Waals surface area contributed by atoms with E-state index in [4.69, 9.17) is 9.26 Å². The average Bonchev–Trinajstić information content (AvgIpc) is 2.19. The summed E-state index contributed by atoms with van der Waals surface area (Å²) in [5.74, 6) is 0.610. The Labute approximate surface area is 90.5 Å². The number of methoxy groups -OCH3 is 1. The molecular formula is C10H16NO3P. The molecule has 0 aliphatic carbocycles. The van der Waals surface area contributed by atoms with Gasteiger partial charge in [-0.3, -0.25) is 4.57 Å². The maximum Gasteiger partial charge on any atom is 0.305 e. The van der Waals surface area contributed by atoms with E-state index in [0.29, 0.717) is 12.4 Å². The SMILES string of the molecule is COC[C@H](C)N[PH](=O)Oc1ccccc1. The van der Waals surface area contributed by atoms with Gasteiger partial charge in [-0.1, -0.05) is 18.2 Å². The molecular weight excluding hydrogens is 213 g/mol. The molecule has 0 heterocycles. The first-order valence-electron chi connectivity index (χ1n) is 4.74. The van der Waals surface area contributed by atoms with Crippen LogP contribution in [0.25, 0.3) is 0 Å². The molecule has 1 unspecified atom stereocenters. The number of hydrogen-bond acceptors (Lipinski definition) is 3. The number of benzene rings is 1. The molecule has 0 aliphatic rings. The van der Waals surface area contributed by atoms with E-state index in [1.807, 2.05) is 25.1 Å². The van der Waals surface area contributed by atoms with Crippen LogP contribution in [0.15, 0.2) is 30.3 Å². The summed E-state index contributed by atoms with van der Waals surface area (Å²) in [6, 6.07) is 9.11. The molecule has 0 saturated carbocycles. The van der Waals surface area contributed by atoms with Gasteiger partial charge < -0.3 is 9.26 Å². The molecule has 0 aliphatic heterocycles. The van der Waals surface area contributed by atoms with Crippen molar-refractivity contribution >= 4 is 8.18 Å². The van der Waals surface area contributed by atoms with Crippen LogP contribution in [0.5, 0.6) is 5.75 Å². The molecule has 84 valence electrons. The lowest BCUT2D eigenvalue weighted by molar-refractivity contribution is 0.179. The molecule has 1 rings (SSSR count). The van der Waals surface area contributed by atoms with Gasteiger partial charge >= 0.3 is 8.18 Å². The molecule has 0 saturated heterocycles. The van der Waals surface area contributed by atoms with E-state index >= 15 is 0 Å². The number of nitrogens with one attached hydrogen (secondary N) is 1. The average molecular weight is 229 g/mol. The smallest absolute Gasteiger partial charge is 0.305 e. The first-order chi connectivity index (χ1) is 7.22. The minimum absolute atomic E-state index is 0.0186. The normalized spacial score (nSPS) is 14.5. The Kier molecular flexibility index (Phi) is 5.40. The summed E-state index contributed by atoms with van der Waals surface area (Å²) in [6.07, 6.45) is 0. The van der Waals surface area contributed by atoms with Gasteiger partial charge in [0, 0.05) is 13.2 Å². The fourth-order valence-corrected chi connectivity index (χ4v) is 2.01. The Morgan fingerprint density at radius 1 is 1.40 bits per heavy atom. The van der Waals surface area contributed by atoms with Crippen molar-refractivity contribution in [1.82, 2.24) is 5.09 Å². The van der Waals surface area contributed by atoms with Crippen LogP contribution >= 0.6 is 8.18 Å². The van der Waals surface area contributed by atoms with Crippen molar-refractivity contribution < 1.29 is 13.8 Å². The Bertz CT molecular complexity index is 305. The third-order valence-corrected chi connectivity index (χ3v) is 2.88. The lowest BCUT2D eigenvalue weighted by atomic mass is 10.3. The van der Waals surface area contributed by atoms with Crippen LogP contribution in [0.4, 0.5) is 0 Å². The van der Waals surface area contributed by atoms with Crippen LogP contribution in [0.3, 0.4) is 0 Å². The molecule has 15 heavy (non-hydrogen) atoms. The van der Waals surface area contributed by atoms with Gasteiger partial charge in [0.25, 0.3) is 0 Å². The highest BCUT2D eigenvalue weighted by atomic mass is 31.1. The second kappa shape index (κ2) is 6.62. The Morgan fingerprint density at radius 2 is 2.07 bits per heavy atom. The second-order valence-corrected chi connectivity index (χ2v) is 4.27. The van der Waals surface area contributed by atoms with Crippen LogP contribution in [-0.4, -0.2) is 19.8 Å². The highest BCUT2D eigenvalue weighted by Crippen LogP contribution is 2.23. The molecule has 0 spiro atoms. The third-order valence-electron chi connectivity index (χ3n) is 1.73. The molecule has 4 nitrogen and oxygen atoms in total. The fraction of sp³-hybridized carbons (Fsp3) is 0.400. The molecule has 0 bridgehead atoms. The van der Waals surface area contributed by atoms with Gasteiger partial charge in [0.15, 0.2) is 0 Å². The fourth-order valence-electron chi connectivity index (χ4n) is 1.12. The molecule has 0 fully saturated rings. The summed E-state index contributed by atoms with van der Waals surface area (Å²) >= 11 is 0. The molecule has 0 amide bonds. The van der Waals surface area contributed by atoms with Gasteiger partial charge in [0.05, 0.1) is 6.61 Å². The topological polar surface area (TPSA) is 47.6 Å². The predicted molar refractivity (Wildman–Crippen MR) is 60.5 cm³/mol. The standard InChI is InChI=1S/C10H16NO3P/c1-9(8-13-2)11-15(12)14-10-6-4-3-5-7-10/h3-7,9,15H,8H2,1-2H3,(H,11,12)/t9-/m0/s1. The number of ether oxygens (including phenoxy) is 1. The second-order valence-electron chi connectivity index (χ2n) is 3.20. The zero-order chi connectivity index (χ0) is 11.1. The highest BCUT2D eigenvalue weighted by Gasteiger charge is 2.06. The van der Waals surface area contributed by atoms with Crippen molar-refractivity contribution in [2.75, 3.05) is 13.7 Å². The van der Waals surface area contributed by atoms with Gasteiger partial charge in [-0.15, -0.1) is 0 Å². The molecule has 5 heteroatoms. The van der Waals surface area contributed by atoms with E-state index < -0.39 is 8.18 Å². The van der Waals surface area contributed by atoms with E-state index in [-0.39, 0.29) is 6.04 Å². The Balaban J connectivity index is 2.36. The molecule has 1 aromatic rings. The quantitative estimate of drug-likeness (QED) is 0.759. The van der Waals surface area contributed by atoms with Gasteiger partial charge in [0.2, 0.25) is 0 Å². The van der Waals surface area contributed by atoms with E-state index in [2.05, 4.69) is 5.09 Å². The Morgan fingerprint density at radius 3 is 2.67 bits per heavy atom. The van der Waals surface area contributed by atoms with Gasteiger partial charge in [-0.2, -0.15) is 0 Å². The van der Waals surface area contributed by atoms with E-state index in [9.17, 15) is 4.57 Å². The first-order valence-corrected chi connectivity index (χ1v) is 6.06. The number of rotatable bonds is 6. The van der Waals surface area contributed by atoms with E-state index in [1.54, 1.807) is 19.2 Å². The summed E-state index contributed by atoms with van der Waals surface area (Å²) < 4.78 is 21.6. The minimum Gasteiger partial charge on any atom is -0.434 e. The van der Waals surface area contributed by atoms with Crippen LogP contribution in [0.2, 0.25) is 0 Å². The molecule has 0 aromatic heterocycles. The molecule has 1 aromatic carbocycles. The van der Waals surface area contributed by atoms with E-state index in [1.165, 1.54) is 0 Å². The monoisotopic (exact) mass is 229 g/mol. The van der Waals surface area contributed by atoms with Crippen LogP contribution in [0, 0.1) is 0 Å². The maximum atomic E-state index is 11.5. The van der Waals surface area contributed by atoms with Crippen molar-refractivity contribution in [2.45, 2.75) is 13.0 Å². The highest BCUT2D eigenvalue weighted by molar-refractivity contribution is 7.37. The summed E-state index contributed by atoms with van der Waals surface area (Å²) in [5.41, 5.74) is 0. The number of para-hydroxylation sites is 1. The van der Waals surface area contributed by atoms with Crippen LogP contribution in [0.1, 0.15) is 6.92 Å². The minimum atomic E-state index is -2.24. The molecule has 1 N–H and O–H groups in total. The Hall–Kier alpha value is -0.830. The summed E-state index contributed by atoms with van der Waals surface area (Å²) in [4.78, 5) is 0. The van der Waals surface area contributed by atoms with Crippen molar-refractivity contribution in [3.8, 4) is 5.75 Å². The first kappa shape index (κ1) is 12.2. The third kappa shape index (κ3) is 4.98. The van der Waals surface area contributed by atoms with Gasteiger partial charge in [-0.25, -0.2) is 5.09 Å². The van der Waals surface area contributed by atoms with Gasteiger partial charge in [-0.05, 0) is 19.1 Å². The lowest BCUT2D eigenvalue weighted by Crippen LogP contribution is -2.25. The lowest BCUT2D eigenvalue weighted by Gasteiger charge is -2.12. The molecule has 0 radical (unpaired) electrons. The van der Waals surface area contributed by atoms with Crippen LogP contribution < -0.4 is 9.61 Å². The molecule has 2 atom stereocenters.